The molecule has 1 N–H and O–H groups in total. The van der Waals surface area contributed by atoms with Gasteiger partial charge in [0.25, 0.3) is 0 Å². The van der Waals surface area contributed by atoms with Gasteiger partial charge in [0.05, 0.1) is 12.7 Å². The van der Waals surface area contributed by atoms with Gasteiger partial charge in [0, 0.05) is 6.04 Å². The van der Waals surface area contributed by atoms with Crippen LogP contribution >= 0.6 is 0 Å². The van der Waals surface area contributed by atoms with Gasteiger partial charge in [-0.1, -0.05) is 13.0 Å². The molecule has 102 valence electrons. The Morgan fingerprint density at radius 3 is 2.61 bits per heavy atom. The zero-order valence-corrected chi connectivity index (χ0v) is 11.8. The third kappa shape index (κ3) is 5.15. The van der Waals surface area contributed by atoms with Gasteiger partial charge in [-0.25, -0.2) is 4.39 Å². The molecule has 18 heavy (non-hydrogen) atoms. The average molecular weight is 253 g/mol. The third-order valence-electron chi connectivity index (χ3n) is 2.89. The van der Waals surface area contributed by atoms with Gasteiger partial charge in [0.2, 0.25) is 0 Å². The third-order valence-corrected chi connectivity index (χ3v) is 2.89. The van der Waals surface area contributed by atoms with E-state index in [1.54, 1.807) is 6.07 Å². The molecule has 0 aromatic heterocycles. The Kier molecular flexibility index (Phi) is 6.30. The lowest BCUT2D eigenvalue weighted by atomic mass is 10.0. The fourth-order valence-corrected chi connectivity index (χ4v) is 1.94. The second-order valence-corrected chi connectivity index (χ2v) is 4.91. The molecule has 0 bridgehead atoms. The maximum absolute atomic E-state index is 13.0. The number of aryl methyl sites for hydroxylation is 1. The molecule has 0 aliphatic carbocycles. The predicted molar refractivity (Wildman–Crippen MR) is 73.4 cm³/mol. The number of rotatable bonds is 7. The van der Waals surface area contributed by atoms with Crippen molar-refractivity contribution in [3.8, 4) is 0 Å². The summed E-state index contributed by atoms with van der Waals surface area (Å²) in [5, 5.41) is 3.41. The summed E-state index contributed by atoms with van der Waals surface area (Å²) in [6.45, 7) is 9.69. The Hall–Kier alpha value is -0.930. The van der Waals surface area contributed by atoms with Crippen LogP contribution in [0.25, 0.3) is 0 Å². The predicted octanol–water partition coefficient (Wildman–Crippen LogP) is 3.08. The van der Waals surface area contributed by atoms with Crippen molar-refractivity contribution in [3.63, 3.8) is 0 Å². The molecule has 0 aliphatic rings. The van der Waals surface area contributed by atoms with Crippen molar-refractivity contribution >= 4 is 0 Å². The van der Waals surface area contributed by atoms with Crippen LogP contribution in [0.1, 0.15) is 31.9 Å². The van der Waals surface area contributed by atoms with Crippen LogP contribution in [-0.4, -0.2) is 25.3 Å². The fourth-order valence-electron chi connectivity index (χ4n) is 1.94. The van der Waals surface area contributed by atoms with Crippen molar-refractivity contribution in [3.05, 3.63) is 35.1 Å². The van der Waals surface area contributed by atoms with Crippen LogP contribution in [0, 0.1) is 12.7 Å². The highest BCUT2D eigenvalue weighted by atomic mass is 19.1. The lowest BCUT2D eigenvalue weighted by Crippen LogP contribution is -2.36. The van der Waals surface area contributed by atoms with Gasteiger partial charge in [-0.2, -0.15) is 0 Å². The van der Waals surface area contributed by atoms with E-state index in [4.69, 9.17) is 4.74 Å². The van der Waals surface area contributed by atoms with E-state index >= 15 is 0 Å². The van der Waals surface area contributed by atoms with E-state index in [1.807, 2.05) is 26.8 Å². The minimum atomic E-state index is -0.172. The van der Waals surface area contributed by atoms with Crippen molar-refractivity contribution in [2.75, 3.05) is 13.2 Å². The standard InChI is InChI=1S/C15H24FNO/c1-5-17-15(10-18-11(2)3)9-13-6-7-14(16)8-12(13)4/h6-8,11,15,17H,5,9-10H2,1-4H3. The van der Waals surface area contributed by atoms with Gasteiger partial charge in [0.1, 0.15) is 5.82 Å². The maximum atomic E-state index is 13.0. The summed E-state index contributed by atoms with van der Waals surface area (Å²) >= 11 is 0. The van der Waals surface area contributed by atoms with Crippen molar-refractivity contribution < 1.29 is 9.13 Å². The Morgan fingerprint density at radius 2 is 2.06 bits per heavy atom. The molecular formula is C15H24FNO. The highest BCUT2D eigenvalue weighted by Gasteiger charge is 2.11. The summed E-state index contributed by atoms with van der Waals surface area (Å²) in [4.78, 5) is 0. The molecule has 1 unspecified atom stereocenters. The lowest BCUT2D eigenvalue weighted by molar-refractivity contribution is 0.0616. The average Bonchev–Trinajstić information content (AvgIpc) is 2.29. The van der Waals surface area contributed by atoms with E-state index in [2.05, 4.69) is 12.2 Å². The fraction of sp³-hybridized carbons (Fsp3) is 0.600. The molecule has 0 fully saturated rings. The van der Waals surface area contributed by atoms with Gasteiger partial charge in [-0.15, -0.1) is 0 Å². The molecule has 1 rings (SSSR count). The normalized spacial score (nSPS) is 13.0. The summed E-state index contributed by atoms with van der Waals surface area (Å²) in [5.74, 6) is -0.172. The zero-order chi connectivity index (χ0) is 13.5. The summed E-state index contributed by atoms with van der Waals surface area (Å²) in [6.07, 6.45) is 1.10. The second kappa shape index (κ2) is 7.49. The molecule has 1 aromatic carbocycles. The van der Waals surface area contributed by atoms with E-state index in [1.165, 1.54) is 11.6 Å². The van der Waals surface area contributed by atoms with Gasteiger partial charge in [-0.05, 0) is 57.0 Å². The first-order chi connectivity index (χ1) is 8.52. The van der Waals surface area contributed by atoms with Gasteiger partial charge < -0.3 is 10.1 Å². The number of hydrogen-bond donors (Lipinski definition) is 1. The smallest absolute Gasteiger partial charge is 0.123 e. The number of halogens is 1. The molecule has 0 amide bonds. The number of benzene rings is 1. The largest absolute Gasteiger partial charge is 0.377 e. The first kappa shape index (κ1) is 15.1. The monoisotopic (exact) mass is 253 g/mol. The van der Waals surface area contributed by atoms with Gasteiger partial charge in [0.15, 0.2) is 0 Å². The summed E-state index contributed by atoms with van der Waals surface area (Å²) in [7, 11) is 0. The van der Waals surface area contributed by atoms with Crippen LogP contribution in [0.3, 0.4) is 0 Å². The molecular weight excluding hydrogens is 229 g/mol. The topological polar surface area (TPSA) is 21.3 Å². The van der Waals surface area contributed by atoms with E-state index < -0.39 is 0 Å². The van der Waals surface area contributed by atoms with Crippen LogP contribution < -0.4 is 5.32 Å². The van der Waals surface area contributed by atoms with Crippen LogP contribution in [-0.2, 0) is 11.2 Å². The highest BCUT2D eigenvalue weighted by molar-refractivity contribution is 5.27. The summed E-state index contributed by atoms with van der Waals surface area (Å²) in [5.41, 5.74) is 2.18. The van der Waals surface area contributed by atoms with Crippen molar-refractivity contribution in [2.45, 2.75) is 46.3 Å². The Bertz CT molecular complexity index is 366. The number of likely N-dealkylation sites (N-methyl/N-ethyl adjacent to an activating group) is 1. The van der Waals surface area contributed by atoms with Gasteiger partial charge >= 0.3 is 0 Å². The molecule has 1 atom stereocenters. The molecule has 0 radical (unpaired) electrons. The van der Waals surface area contributed by atoms with Gasteiger partial charge in [-0.3, -0.25) is 0 Å². The second-order valence-electron chi connectivity index (χ2n) is 4.91. The summed E-state index contributed by atoms with van der Waals surface area (Å²) < 4.78 is 18.7. The molecule has 0 saturated heterocycles. The molecule has 0 aliphatic heterocycles. The first-order valence-corrected chi connectivity index (χ1v) is 6.63. The van der Waals surface area contributed by atoms with Crippen LogP contribution in [0.2, 0.25) is 0 Å². The van der Waals surface area contributed by atoms with Crippen LogP contribution in [0.4, 0.5) is 4.39 Å². The van der Waals surface area contributed by atoms with E-state index in [9.17, 15) is 4.39 Å². The molecule has 0 heterocycles. The van der Waals surface area contributed by atoms with Crippen molar-refractivity contribution in [1.29, 1.82) is 0 Å². The van der Waals surface area contributed by atoms with E-state index in [0.29, 0.717) is 6.61 Å². The SMILES string of the molecule is CCNC(COC(C)C)Cc1ccc(F)cc1C. The van der Waals surface area contributed by atoms with Crippen molar-refractivity contribution in [2.24, 2.45) is 0 Å². The maximum Gasteiger partial charge on any atom is 0.123 e. The minimum absolute atomic E-state index is 0.172. The Labute approximate surface area is 110 Å². The molecule has 0 saturated carbocycles. The van der Waals surface area contributed by atoms with E-state index in [0.717, 1.165) is 18.5 Å². The zero-order valence-electron chi connectivity index (χ0n) is 11.8. The first-order valence-electron chi connectivity index (χ1n) is 6.63. The number of nitrogens with one attached hydrogen (secondary N) is 1. The lowest BCUT2D eigenvalue weighted by Gasteiger charge is -2.20. The van der Waals surface area contributed by atoms with Crippen LogP contribution in [0.15, 0.2) is 18.2 Å². The minimum Gasteiger partial charge on any atom is -0.377 e. The quantitative estimate of drug-likeness (QED) is 0.806. The highest BCUT2D eigenvalue weighted by Crippen LogP contribution is 2.12. The molecule has 2 nitrogen and oxygen atoms in total. The van der Waals surface area contributed by atoms with Crippen LogP contribution in [0.5, 0.6) is 0 Å². The van der Waals surface area contributed by atoms with Crippen molar-refractivity contribution in [1.82, 2.24) is 5.32 Å². The summed E-state index contributed by atoms with van der Waals surface area (Å²) in [6, 6.07) is 5.25. The molecule has 0 spiro atoms. The number of ether oxygens (including phenoxy) is 1. The Balaban J connectivity index is 2.64. The number of hydrogen-bond acceptors (Lipinski definition) is 2. The molecule has 1 aromatic rings. The van der Waals surface area contributed by atoms with E-state index in [-0.39, 0.29) is 18.0 Å². The Morgan fingerprint density at radius 1 is 1.33 bits per heavy atom. The molecule has 3 heteroatoms.